The molecule has 7 nitrogen and oxygen atoms in total. The Morgan fingerprint density at radius 2 is 1.66 bits per heavy atom. The maximum Gasteiger partial charge on any atom is 0.203 e. The molecule has 0 aliphatic carbocycles. The van der Waals surface area contributed by atoms with Crippen molar-refractivity contribution in [2.45, 2.75) is 25.6 Å². The van der Waals surface area contributed by atoms with E-state index in [1.54, 1.807) is 28.3 Å². The molecule has 0 bridgehead atoms. The molecule has 0 radical (unpaired) electrons. The molecule has 4 rings (SSSR count). The SMILES string of the molecule is COc1cc(CN2CCOc3ccc(C(C)(O)COc4ccccc4)cc3C2)cc(OC)c1OC. The predicted molar refractivity (Wildman–Crippen MR) is 134 cm³/mol. The standard InChI is InChI=1S/C28H33NO6/c1-28(30,19-35-23-8-6-5-7-9-23)22-10-11-24-21(16-22)18-29(12-13-34-24)17-20-14-25(31-2)27(33-4)26(15-20)32-3/h5-11,14-16,30H,12-13,17-19H2,1-4H3. The highest BCUT2D eigenvalue weighted by atomic mass is 16.5. The summed E-state index contributed by atoms with van der Waals surface area (Å²) in [6.45, 7) is 4.60. The van der Waals surface area contributed by atoms with Gasteiger partial charge >= 0.3 is 0 Å². The first-order chi connectivity index (χ1) is 16.9. The minimum atomic E-state index is -1.15. The van der Waals surface area contributed by atoms with Crippen molar-refractivity contribution in [1.29, 1.82) is 0 Å². The van der Waals surface area contributed by atoms with Crippen LogP contribution in [0.15, 0.2) is 60.7 Å². The fraction of sp³-hybridized carbons (Fsp3) is 0.357. The van der Waals surface area contributed by atoms with Crippen molar-refractivity contribution < 1.29 is 28.8 Å². The van der Waals surface area contributed by atoms with Crippen molar-refractivity contribution in [2.24, 2.45) is 0 Å². The van der Waals surface area contributed by atoms with Gasteiger partial charge in [0.2, 0.25) is 5.75 Å². The summed E-state index contributed by atoms with van der Waals surface area (Å²) in [6, 6.07) is 19.3. The Hall–Kier alpha value is -3.42. The van der Waals surface area contributed by atoms with Crippen LogP contribution in [0.1, 0.15) is 23.6 Å². The second-order valence-corrected chi connectivity index (χ2v) is 8.79. The fourth-order valence-electron chi connectivity index (χ4n) is 4.23. The molecular formula is C28H33NO6. The van der Waals surface area contributed by atoms with Crippen LogP contribution in [-0.2, 0) is 18.7 Å². The number of methoxy groups -OCH3 is 3. The van der Waals surface area contributed by atoms with Crippen LogP contribution in [0.4, 0.5) is 0 Å². The van der Waals surface area contributed by atoms with E-state index in [4.69, 9.17) is 23.7 Å². The molecule has 1 atom stereocenters. The Balaban J connectivity index is 1.52. The van der Waals surface area contributed by atoms with Crippen LogP contribution in [0, 0.1) is 0 Å². The van der Waals surface area contributed by atoms with E-state index in [9.17, 15) is 5.11 Å². The molecule has 7 heteroatoms. The van der Waals surface area contributed by atoms with E-state index in [0.29, 0.717) is 36.9 Å². The Morgan fingerprint density at radius 1 is 0.943 bits per heavy atom. The molecule has 186 valence electrons. The second-order valence-electron chi connectivity index (χ2n) is 8.79. The van der Waals surface area contributed by atoms with E-state index in [0.717, 1.165) is 34.7 Å². The van der Waals surface area contributed by atoms with Gasteiger partial charge in [0.15, 0.2) is 11.5 Å². The van der Waals surface area contributed by atoms with Crippen LogP contribution >= 0.6 is 0 Å². The lowest BCUT2D eigenvalue weighted by atomic mass is 9.94. The van der Waals surface area contributed by atoms with Crippen LogP contribution in [0.25, 0.3) is 0 Å². The van der Waals surface area contributed by atoms with Crippen LogP contribution in [0.2, 0.25) is 0 Å². The molecule has 35 heavy (non-hydrogen) atoms. The number of hydrogen-bond acceptors (Lipinski definition) is 7. The summed E-state index contributed by atoms with van der Waals surface area (Å²) in [6.07, 6.45) is 0. The van der Waals surface area contributed by atoms with Gasteiger partial charge in [-0.3, -0.25) is 4.90 Å². The third-order valence-electron chi connectivity index (χ3n) is 6.14. The minimum Gasteiger partial charge on any atom is -0.493 e. The summed E-state index contributed by atoms with van der Waals surface area (Å²) in [5, 5.41) is 11.2. The molecule has 1 aliphatic rings. The molecule has 0 saturated heterocycles. The van der Waals surface area contributed by atoms with Gasteiger partial charge in [0.05, 0.1) is 21.3 Å². The smallest absolute Gasteiger partial charge is 0.203 e. The summed E-state index contributed by atoms with van der Waals surface area (Å²) in [4.78, 5) is 2.30. The highest BCUT2D eigenvalue weighted by molar-refractivity contribution is 5.54. The molecule has 0 amide bonds. The van der Waals surface area contributed by atoms with Crippen molar-refractivity contribution in [3.63, 3.8) is 0 Å². The Kier molecular flexibility index (Phi) is 7.68. The molecule has 1 unspecified atom stereocenters. The summed E-state index contributed by atoms with van der Waals surface area (Å²) in [7, 11) is 4.83. The first kappa shape index (κ1) is 24.7. The quantitative estimate of drug-likeness (QED) is 0.488. The molecule has 0 fully saturated rings. The number of ether oxygens (including phenoxy) is 5. The first-order valence-corrected chi connectivity index (χ1v) is 11.6. The summed E-state index contributed by atoms with van der Waals surface area (Å²) >= 11 is 0. The summed E-state index contributed by atoms with van der Waals surface area (Å²) in [5.41, 5.74) is 1.69. The topological polar surface area (TPSA) is 69.6 Å². The lowest BCUT2D eigenvalue weighted by molar-refractivity contribution is 0.00748. The molecule has 1 N–H and O–H groups in total. The lowest BCUT2D eigenvalue weighted by Gasteiger charge is -2.26. The summed E-state index contributed by atoms with van der Waals surface area (Å²) < 4.78 is 28.3. The van der Waals surface area contributed by atoms with E-state index in [-0.39, 0.29) is 6.61 Å². The van der Waals surface area contributed by atoms with Gasteiger partial charge in [-0.25, -0.2) is 0 Å². The minimum absolute atomic E-state index is 0.145. The van der Waals surface area contributed by atoms with Crippen molar-refractivity contribution in [2.75, 3.05) is 41.1 Å². The number of para-hydroxylation sites is 1. The molecule has 1 heterocycles. The van der Waals surface area contributed by atoms with Crippen molar-refractivity contribution >= 4 is 0 Å². The van der Waals surface area contributed by atoms with Gasteiger partial charge < -0.3 is 28.8 Å². The number of nitrogens with zero attached hydrogens (tertiary/aromatic N) is 1. The van der Waals surface area contributed by atoms with Crippen molar-refractivity contribution in [3.05, 3.63) is 77.4 Å². The third-order valence-corrected chi connectivity index (χ3v) is 6.14. The largest absolute Gasteiger partial charge is 0.493 e. The maximum absolute atomic E-state index is 11.2. The van der Waals surface area contributed by atoms with Crippen molar-refractivity contribution in [3.8, 4) is 28.7 Å². The van der Waals surface area contributed by atoms with Gasteiger partial charge in [-0.15, -0.1) is 0 Å². The summed E-state index contributed by atoms with van der Waals surface area (Å²) in [5.74, 6) is 3.39. The lowest BCUT2D eigenvalue weighted by Crippen LogP contribution is -2.30. The van der Waals surface area contributed by atoms with Crippen LogP contribution in [0.5, 0.6) is 28.7 Å². The molecule has 0 aromatic heterocycles. The number of rotatable bonds is 9. The van der Waals surface area contributed by atoms with E-state index in [1.165, 1.54) is 0 Å². The molecule has 0 spiro atoms. The normalized spacial score (nSPS) is 15.2. The highest BCUT2D eigenvalue weighted by Crippen LogP contribution is 2.39. The third kappa shape index (κ3) is 5.81. The average molecular weight is 480 g/mol. The number of aliphatic hydroxyl groups is 1. The van der Waals surface area contributed by atoms with E-state index >= 15 is 0 Å². The monoisotopic (exact) mass is 479 g/mol. The molecule has 3 aromatic rings. The second kappa shape index (κ2) is 10.9. The first-order valence-electron chi connectivity index (χ1n) is 11.6. The Bertz CT molecular complexity index is 1110. The fourth-order valence-corrected chi connectivity index (χ4v) is 4.23. The van der Waals surface area contributed by atoms with Gasteiger partial charge in [-0.05, 0) is 54.4 Å². The zero-order valence-electron chi connectivity index (χ0n) is 20.7. The number of hydrogen-bond donors (Lipinski definition) is 1. The van der Waals surface area contributed by atoms with Gasteiger partial charge in [0.25, 0.3) is 0 Å². The van der Waals surface area contributed by atoms with Gasteiger partial charge in [0, 0.05) is 25.2 Å². The van der Waals surface area contributed by atoms with Gasteiger partial charge in [-0.2, -0.15) is 0 Å². The highest BCUT2D eigenvalue weighted by Gasteiger charge is 2.27. The average Bonchev–Trinajstić information content (AvgIpc) is 3.08. The molecular weight excluding hydrogens is 446 g/mol. The van der Waals surface area contributed by atoms with E-state index in [1.807, 2.05) is 60.7 Å². The van der Waals surface area contributed by atoms with E-state index in [2.05, 4.69) is 4.90 Å². The molecule has 0 saturated carbocycles. The zero-order valence-corrected chi connectivity index (χ0v) is 20.7. The Morgan fingerprint density at radius 3 is 2.31 bits per heavy atom. The maximum atomic E-state index is 11.2. The van der Waals surface area contributed by atoms with Gasteiger partial charge in [-0.1, -0.05) is 24.3 Å². The zero-order chi connectivity index (χ0) is 24.8. The van der Waals surface area contributed by atoms with Crippen LogP contribution in [0.3, 0.4) is 0 Å². The van der Waals surface area contributed by atoms with E-state index < -0.39 is 5.60 Å². The van der Waals surface area contributed by atoms with Gasteiger partial charge in [0.1, 0.15) is 30.3 Å². The number of fused-ring (bicyclic) bond motifs is 1. The molecule has 1 aliphatic heterocycles. The Labute approximate surface area is 206 Å². The van der Waals surface area contributed by atoms with Crippen molar-refractivity contribution in [1.82, 2.24) is 4.90 Å². The predicted octanol–water partition coefficient (Wildman–Crippen LogP) is 4.39. The number of benzene rings is 3. The van der Waals surface area contributed by atoms with Crippen LogP contribution < -0.4 is 23.7 Å². The van der Waals surface area contributed by atoms with Crippen LogP contribution in [-0.4, -0.2) is 51.1 Å². The molecule has 3 aromatic carbocycles.